The molecule has 0 aliphatic carbocycles. The Morgan fingerprint density at radius 2 is 1.79 bits per heavy atom. The van der Waals surface area contributed by atoms with Gasteiger partial charge in [0.15, 0.2) is 0 Å². The van der Waals surface area contributed by atoms with E-state index in [9.17, 15) is 9.59 Å². The largest absolute Gasteiger partial charge is 0.343 e. The molecule has 0 aromatic rings. The van der Waals surface area contributed by atoms with E-state index in [4.69, 9.17) is 0 Å². The molecule has 0 fully saturated rings. The molecule has 0 saturated heterocycles. The smallest absolute Gasteiger partial charge is 0.245 e. The van der Waals surface area contributed by atoms with E-state index < -0.39 is 6.04 Å². The van der Waals surface area contributed by atoms with Gasteiger partial charge in [0.05, 0.1) is 6.04 Å². The lowest BCUT2D eigenvalue weighted by atomic mass is 10.3. The predicted octanol–water partition coefficient (Wildman–Crippen LogP) is -0.401. The van der Waals surface area contributed by atoms with Crippen LogP contribution in [0.1, 0.15) is 13.8 Å². The Morgan fingerprint density at radius 1 is 1.21 bits per heavy atom. The minimum absolute atomic E-state index is 0.166. The molecule has 0 aromatic carbocycles. The average molecular weight is 237 g/mol. The van der Waals surface area contributed by atoms with Crippen LogP contribution in [0.3, 0.4) is 0 Å². The quantitative estimate of drug-likeness (QED) is 0.570. The van der Waals surface area contributed by atoms with Crippen molar-refractivity contribution in [3.05, 3.63) is 0 Å². The Morgan fingerprint density at radius 3 is 2.21 bits per heavy atom. The van der Waals surface area contributed by atoms with Gasteiger partial charge in [-0.05, 0) is 29.9 Å². The fraction of sp³-hybridized carbons (Fsp3) is 0.714. The van der Waals surface area contributed by atoms with Crippen LogP contribution < -0.4 is 15.5 Å². The second-order valence-corrected chi connectivity index (χ2v) is 3.93. The van der Waals surface area contributed by atoms with Gasteiger partial charge in [-0.25, -0.2) is 0 Å². The molecule has 7 heteroatoms. The number of carbonyl (C=O) groups is 2. The summed E-state index contributed by atoms with van der Waals surface area (Å²) in [7, 11) is 2.61. The van der Waals surface area contributed by atoms with Gasteiger partial charge in [-0.1, -0.05) is 8.73 Å². The monoisotopic (exact) mass is 237 g/mol. The van der Waals surface area contributed by atoms with Gasteiger partial charge in [0.2, 0.25) is 11.8 Å². The Hall–Kier alpha value is -0.240. The van der Waals surface area contributed by atoms with E-state index in [1.54, 1.807) is 13.8 Å². The highest BCUT2D eigenvalue weighted by Gasteiger charge is 2.17. The van der Waals surface area contributed by atoms with E-state index in [1.165, 1.54) is 0 Å². The van der Waals surface area contributed by atoms with Crippen LogP contribution in [0.15, 0.2) is 0 Å². The van der Waals surface area contributed by atoms with Crippen molar-refractivity contribution in [1.82, 2.24) is 15.5 Å². The summed E-state index contributed by atoms with van der Waals surface area (Å²) in [6.07, 6.45) is 0. The van der Waals surface area contributed by atoms with Crippen molar-refractivity contribution in [2.24, 2.45) is 0 Å². The molecule has 2 amide bonds. The van der Waals surface area contributed by atoms with E-state index in [0.29, 0.717) is 8.73 Å². The number of amides is 2. The third kappa shape index (κ3) is 4.85. The summed E-state index contributed by atoms with van der Waals surface area (Å²) in [5, 5.41) is 7.96. The Bertz CT molecular complexity index is 213. The zero-order valence-corrected chi connectivity index (χ0v) is 10.7. The van der Waals surface area contributed by atoms with Crippen LogP contribution in [0, 0.1) is 0 Å². The van der Waals surface area contributed by atoms with Crippen molar-refractivity contribution in [1.29, 1.82) is 0 Å². The van der Waals surface area contributed by atoms with Crippen LogP contribution in [-0.4, -0.2) is 30.6 Å². The predicted molar refractivity (Wildman–Crippen MR) is 62.3 cm³/mol. The van der Waals surface area contributed by atoms with Crippen molar-refractivity contribution >= 4 is 29.9 Å². The summed E-state index contributed by atoms with van der Waals surface area (Å²) in [6.45, 7) is 5.35. The van der Waals surface area contributed by atoms with Crippen molar-refractivity contribution in [2.75, 3.05) is 6.66 Å². The number of nitrogens with one attached hydrogen (secondary N) is 3. The maximum Gasteiger partial charge on any atom is 0.245 e. The highest BCUT2D eigenvalue weighted by Crippen LogP contribution is 1.97. The molecule has 0 bridgehead atoms. The summed E-state index contributed by atoms with van der Waals surface area (Å²) in [5.74, 6) is -0.394. The molecule has 0 aliphatic heterocycles. The molecular formula is C7H17N3O2P2. The Kier molecular flexibility index (Phi) is 6.98. The lowest BCUT2D eigenvalue weighted by Gasteiger charge is -2.16. The highest BCUT2D eigenvalue weighted by atomic mass is 31.1. The summed E-state index contributed by atoms with van der Waals surface area (Å²) >= 11 is 0. The van der Waals surface area contributed by atoms with E-state index in [1.807, 2.05) is 6.66 Å². The fourth-order valence-electron chi connectivity index (χ4n) is 0.811. The Balaban J connectivity index is 3.98. The van der Waals surface area contributed by atoms with Gasteiger partial charge in [-0.2, -0.15) is 0 Å². The standard InChI is InChI=1S/C7H17N3O2P2/c1-4(7(12)9-13)8-6(11)5(2)10-14-3/h4-5,10,14H,13H2,1-3H3,(H,8,11)(H,9,12)/t4-,5-/m0/s1. The topological polar surface area (TPSA) is 70.2 Å². The molecule has 2 unspecified atom stereocenters. The fourth-order valence-corrected chi connectivity index (χ4v) is 1.63. The maximum atomic E-state index is 11.4. The lowest BCUT2D eigenvalue weighted by molar-refractivity contribution is -0.128. The third-order valence-corrected chi connectivity index (χ3v) is 2.65. The van der Waals surface area contributed by atoms with Crippen LogP contribution in [0.25, 0.3) is 0 Å². The molecule has 0 spiro atoms. The molecule has 0 rings (SSSR count). The Labute approximate surface area is 88.3 Å². The van der Waals surface area contributed by atoms with Crippen molar-refractivity contribution in [2.45, 2.75) is 25.9 Å². The third-order valence-electron chi connectivity index (χ3n) is 1.65. The number of carbonyl (C=O) groups excluding carboxylic acids is 2. The summed E-state index contributed by atoms with van der Waals surface area (Å²) in [6, 6.07) is -0.775. The molecule has 82 valence electrons. The normalized spacial score (nSPS) is 15.1. The summed E-state index contributed by atoms with van der Waals surface area (Å²) < 4.78 is 0. The van der Waals surface area contributed by atoms with Gasteiger partial charge in [-0.15, -0.1) is 0 Å². The molecule has 3 N–H and O–H groups in total. The van der Waals surface area contributed by atoms with Gasteiger partial charge in [-0.3, -0.25) is 14.7 Å². The molecule has 0 heterocycles. The first-order valence-corrected chi connectivity index (χ1v) is 6.33. The van der Waals surface area contributed by atoms with Crippen LogP contribution in [0.4, 0.5) is 0 Å². The first-order valence-electron chi connectivity index (χ1n) is 4.26. The van der Waals surface area contributed by atoms with Crippen LogP contribution in [0.5, 0.6) is 0 Å². The van der Waals surface area contributed by atoms with Crippen molar-refractivity contribution < 1.29 is 9.59 Å². The van der Waals surface area contributed by atoms with Gasteiger partial charge in [0.25, 0.3) is 0 Å². The van der Waals surface area contributed by atoms with Crippen LogP contribution >= 0.6 is 18.1 Å². The van der Waals surface area contributed by atoms with Gasteiger partial charge < -0.3 is 10.4 Å². The minimum atomic E-state index is -0.510. The second-order valence-electron chi connectivity index (χ2n) is 2.85. The van der Waals surface area contributed by atoms with E-state index in [-0.39, 0.29) is 17.9 Å². The number of rotatable bonds is 5. The van der Waals surface area contributed by atoms with Crippen LogP contribution in [-0.2, 0) is 9.59 Å². The first-order chi connectivity index (χ1) is 6.52. The average Bonchev–Trinajstić information content (AvgIpc) is 2.16. The second kappa shape index (κ2) is 7.10. The molecule has 0 aliphatic rings. The number of hydrogen-bond donors (Lipinski definition) is 3. The van der Waals surface area contributed by atoms with Gasteiger partial charge in [0, 0.05) is 0 Å². The maximum absolute atomic E-state index is 11.4. The zero-order chi connectivity index (χ0) is 11.1. The molecule has 0 saturated carbocycles. The molecule has 0 radical (unpaired) electrons. The zero-order valence-electron chi connectivity index (χ0n) is 8.55. The minimum Gasteiger partial charge on any atom is -0.343 e. The molecule has 14 heavy (non-hydrogen) atoms. The number of hydrogen-bond acceptors (Lipinski definition) is 3. The SMILES string of the molecule is CPN[C@@H](C)C(=O)N[C@@H](C)C(=O)NP. The summed E-state index contributed by atoms with van der Waals surface area (Å²) in [5.41, 5.74) is 0. The van der Waals surface area contributed by atoms with E-state index >= 15 is 0 Å². The molecule has 0 aromatic heterocycles. The molecular weight excluding hydrogens is 220 g/mol. The molecule has 4 atom stereocenters. The van der Waals surface area contributed by atoms with Gasteiger partial charge in [0.1, 0.15) is 6.04 Å². The van der Waals surface area contributed by atoms with Crippen molar-refractivity contribution in [3.63, 3.8) is 0 Å². The molecule has 5 nitrogen and oxygen atoms in total. The first kappa shape index (κ1) is 13.8. The lowest BCUT2D eigenvalue weighted by Crippen LogP contribution is -2.48. The highest BCUT2D eigenvalue weighted by molar-refractivity contribution is 7.34. The summed E-state index contributed by atoms with van der Waals surface area (Å²) in [4.78, 5) is 22.5. The van der Waals surface area contributed by atoms with Crippen LogP contribution in [0.2, 0.25) is 0 Å². The van der Waals surface area contributed by atoms with E-state index in [2.05, 4.69) is 24.9 Å². The van der Waals surface area contributed by atoms with Crippen molar-refractivity contribution in [3.8, 4) is 0 Å². The van der Waals surface area contributed by atoms with E-state index in [0.717, 1.165) is 0 Å². The van der Waals surface area contributed by atoms with Gasteiger partial charge >= 0.3 is 0 Å².